The first-order valence-corrected chi connectivity index (χ1v) is 7.31. The Balaban J connectivity index is 1.74. The standard InChI is InChI=1S/C16H21N3O2/c1-11-8-12(15-19-17-10-20-15)4-5-14(11)18-13-6-7-21-16(2,3)9-13/h4-5,8,10,13,18H,6-7,9H2,1-3H3. The molecule has 3 rings (SSSR count). The zero-order valence-corrected chi connectivity index (χ0v) is 12.7. The Morgan fingerprint density at radius 3 is 2.86 bits per heavy atom. The van der Waals surface area contributed by atoms with Gasteiger partial charge in [0.1, 0.15) is 0 Å². The molecule has 5 nitrogen and oxygen atoms in total. The van der Waals surface area contributed by atoms with Crippen LogP contribution in [-0.2, 0) is 4.74 Å². The lowest BCUT2D eigenvalue weighted by Gasteiger charge is -2.36. The summed E-state index contributed by atoms with van der Waals surface area (Å²) in [4.78, 5) is 0. The molecular weight excluding hydrogens is 266 g/mol. The van der Waals surface area contributed by atoms with Crippen LogP contribution in [0.3, 0.4) is 0 Å². The van der Waals surface area contributed by atoms with Gasteiger partial charge in [0.2, 0.25) is 12.3 Å². The van der Waals surface area contributed by atoms with Gasteiger partial charge in [-0.3, -0.25) is 0 Å². The molecule has 5 heteroatoms. The highest BCUT2D eigenvalue weighted by Crippen LogP contribution is 2.29. The number of ether oxygens (including phenoxy) is 1. The highest BCUT2D eigenvalue weighted by molar-refractivity contribution is 5.62. The minimum Gasteiger partial charge on any atom is -0.423 e. The molecule has 1 N–H and O–H groups in total. The molecule has 0 bridgehead atoms. The largest absolute Gasteiger partial charge is 0.423 e. The van der Waals surface area contributed by atoms with Crippen LogP contribution < -0.4 is 5.32 Å². The first kappa shape index (κ1) is 14.1. The number of aryl methyl sites for hydroxylation is 1. The maximum Gasteiger partial charge on any atom is 0.247 e. The van der Waals surface area contributed by atoms with Gasteiger partial charge >= 0.3 is 0 Å². The fraction of sp³-hybridized carbons (Fsp3) is 0.500. The van der Waals surface area contributed by atoms with E-state index < -0.39 is 0 Å². The lowest BCUT2D eigenvalue weighted by atomic mass is 9.93. The molecule has 1 saturated heterocycles. The summed E-state index contributed by atoms with van der Waals surface area (Å²) in [5.74, 6) is 0.553. The average molecular weight is 287 g/mol. The second-order valence-electron chi connectivity index (χ2n) is 6.22. The van der Waals surface area contributed by atoms with Crippen LogP contribution in [0.5, 0.6) is 0 Å². The van der Waals surface area contributed by atoms with Gasteiger partial charge in [0.05, 0.1) is 5.60 Å². The average Bonchev–Trinajstić information content (AvgIpc) is 2.94. The van der Waals surface area contributed by atoms with Gasteiger partial charge in [-0.05, 0) is 57.4 Å². The molecule has 1 atom stereocenters. The first-order valence-electron chi connectivity index (χ1n) is 7.31. The predicted molar refractivity (Wildman–Crippen MR) is 81.1 cm³/mol. The third kappa shape index (κ3) is 3.24. The van der Waals surface area contributed by atoms with Gasteiger partial charge in [-0.15, -0.1) is 10.2 Å². The van der Waals surface area contributed by atoms with Crippen LogP contribution in [0.2, 0.25) is 0 Å². The van der Waals surface area contributed by atoms with Crippen molar-refractivity contribution in [2.24, 2.45) is 0 Å². The number of anilines is 1. The van der Waals surface area contributed by atoms with E-state index in [9.17, 15) is 0 Å². The molecule has 0 aliphatic carbocycles. The Morgan fingerprint density at radius 1 is 1.33 bits per heavy atom. The summed E-state index contributed by atoms with van der Waals surface area (Å²) in [6.45, 7) is 7.19. The van der Waals surface area contributed by atoms with Crippen molar-refractivity contribution in [1.29, 1.82) is 0 Å². The van der Waals surface area contributed by atoms with Crippen molar-refractivity contribution < 1.29 is 9.15 Å². The van der Waals surface area contributed by atoms with Gasteiger partial charge in [-0.25, -0.2) is 0 Å². The molecular formula is C16H21N3O2. The number of hydrogen-bond acceptors (Lipinski definition) is 5. The fourth-order valence-corrected chi connectivity index (χ4v) is 2.83. The van der Waals surface area contributed by atoms with Crippen LogP contribution in [-0.4, -0.2) is 28.4 Å². The fourth-order valence-electron chi connectivity index (χ4n) is 2.83. The van der Waals surface area contributed by atoms with E-state index in [2.05, 4.69) is 48.4 Å². The van der Waals surface area contributed by atoms with Crippen molar-refractivity contribution in [2.45, 2.75) is 45.3 Å². The minimum absolute atomic E-state index is 0.0481. The molecule has 21 heavy (non-hydrogen) atoms. The van der Waals surface area contributed by atoms with E-state index in [1.807, 2.05) is 6.07 Å². The van der Waals surface area contributed by atoms with Crippen LogP contribution in [0, 0.1) is 6.92 Å². The zero-order valence-electron chi connectivity index (χ0n) is 12.7. The molecule has 2 heterocycles. The Hall–Kier alpha value is -1.88. The van der Waals surface area contributed by atoms with Crippen molar-refractivity contribution in [3.63, 3.8) is 0 Å². The van der Waals surface area contributed by atoms with Crippen molar-refractivity contribution in [2.75, 3.05) is 11.9 Å². The van der Waals surface area contributed by atoms with Crippen molar-refractivity contribution in [3.8, 4) is 11.5 Å². The summed E-state index contributed by atoms with van der Waals surface area (Å²) in [5, 5.41) is 11.3. The second-order valence-corrected chi connectivity index (χ2v) is 6.22. The maximum atomic E-state index is 5.76. The summed E-state index contributed by atoms with van der Waals surface area (Å²) >= 11 is 0. The molecule has 2 aromatic rings. The molecule has 1 aliphatic heterocycles. The van der Waals surface area contributed by atoms with Gasteiger partial charge < -0.3 is 14.5 Å². The van der Waals surface area contributed by atoms with E-state index in [4.69, 9.17) is 9.15 Å². The molecule has 0 radical (unpaired) electrons. The molecule has 1 aromatic carbocycles. The van der Waals surface area contributed by atoms with Gasteiger partial charge in [-0.1, -0.05) is 0 Å². The molecule has 1 unspecified atom stereocenters. The topological polar surface area (TPSA) is 60.2 Å². The van der Waals surface area contributed by atoms with E-state index in [1.165, 1.54) is 12.0 Å². The molecule has 112 valence electrons. The summed E-state index contributed by atoms with van der Waals surface area (Å²) < 4.78 is 11.0. The molecule has 0 saturated carbocycles. The maximum absolute atomic E-state index is 5.76. The molecule has 0 spiro atoms. The third-order valence-electron chi connectivity index (χ3n) is 3.89. The number of nitrogens with zero attached hydrogens (tertiary/aromatic N) is 2. The van der Waals surface area contributed by atoms with Crippen LogP contribution in [0.15, 0.2) is 29.0 Å². The SMILES string of the molecule is Cc1cc(-c2nnco2)ccc1NC1CCOC(C)(C)C1. The Bertz CT molecular complexity index is 608. The highest BCUT2D eigenvalue weighted by Gasteiger charge is 2.28. The Kier molecular flexibility index (Phi) is 3.68. The van der Waals surface area contributed by atoms with Crippen molar-refractivity contribution in [3.05, 3.63) is 30.2 Å². The van der Waals surface area contributed by atoms with Gasteiger partial charge in [0.15, 0.2) is 0 Å². The van der Waals surface area contributed by atoms with Gasteiger partial charge in [-0.2, -0.15) is 0 Å². The normalized spacial score (nSPS) is 21.2. The monoisotopic (exact) mass is 287 g/mol. The molecule has 1 aromatic heterocycles. The van der Waals surface area contributed by atoms with Gasteiger partial charge in [0.25, 0.3) is 0 Å². The lowest BCUT2D eigenvalue weighted by Crippen LogP contribution is -2.40. The lowest BCUT2D eigenvalue weighted by molar-refractivity contribution is -0.0553. The van der Waals surface area contributed by atoms with Crippen molar-refractivity contribution >= 4 is 5.69 Å². The molecule has 0 amide bonds. The number of benzene rings is 1. The highest BCUT2D eigenvalue weighted by atomic mass is 16.5. The van der Waals surface area contributed by atoms with E-state index in [1.54, 1.807) is 0 Å². The third-order valence-corrected chi connectivity index (χ3v) is 3.89. The summed E-state index contributed by atoms with van der Waals surface area (Å²) in [7, 11) is 0. The second kappa shape index (κ2) is 5.48. The van der Waals surface area contributed by atoms with Crippen molar-refractivity contribution in [1.82, 2.24) is 10.2 Å². The molecule has 1 aliphatic rings. The Morgan fingerprint density at radius 2 is 2.19 bits per heavy atom. The number of rotatable bonds is 3. The smallest absolute Gasteiger partial charge is 0.247 e. The summed E-state index contributed by atoms with van der Waals surface area (Å²) in [5.41, 5.74) is 3.23. The number of hydrogen-bond donors (Lipinski definition) is 1. The zero-order chi connectivity index (χ0) is 14.9. The van der Waals surface area contributed by atoms with Crippen LogP contribution >= 0.6 is 0 Å². The summed E-state index contributed by atoms with van der Waals surface area (Å²) in [6.07, 6.45) is 3.40. The predicted octanol–water partition coefficient (Wildman–Crippen LogP) is 3.41. The Labute approximate surface area is 124 Å². The van der Waals surface area contributed by atoms with E-state index in [0.717, 1.165) is 30.7 Å². The van der Waals surface area contributed by atoms with Gasteiger partial charge in [0, 0.05) is 23.9 Å². The summed E-state index contributed by atoms with van der Waals surface area (Å²) in [6, 6.07) is 6.60. The van der Waals surface area contributed by atoms with E-state index in [-0.39, 0.29) is 5.60 Å². The quantitative estimate of drug-likeness (QED) is 0.937. The van der Waals surface area contributed by atoms with E-state index >= 15 is 0 Å². The number of aromatic nitrogens is 2. The number of nitrogens with one attached hydrogen (secondary N) is 1. The van der Waals surface area contributed by atoms with E-state index in [0.29, 0.717) is 11.9 Å². The van der Waals surface area contributed by atoms with Crippen LogP contribution in [0.4, 0.5) is 5.69 Å². The van der Waals surface area contributed by atoms with Crippen LogP contribution in [0.1, 0.15) is 32.3 Å². The van der Waals surface area contributed by atoms with Crippen LogP contribution in [0.25, 0.3) is 11.5 Å². The molecule has 1 fully saturated rings. The first-order chi connectivity index (χ1) is 10.0. The minimum atomic E-state index is -0.0481.